The molecule has 7 nitrogen and oxygen atoms in total. The summed E-state index contributed by atoms with van der Waals surface area (Å²) < 4.78 is 7.48. The first-order valence-corrected chi connectivity index (χ1v) is 9.71. The number of aryl methyl sites for hydroxylation is 1. The molecule has 1 aliphatic rings. The zero-order chi connectivity index (χ0) is 21.5. The Kier molecular flexibility index (Phi) is 4.36. The molecule has 1 N–H and O–H groups in total. The normalized spacial score (nSPS) is 12.4. The lowest BCUT2D eigenvalue weighted by molar-refractivity contribution is -0.118. The summed E-state index contributed by atoms with van der Waals surface area (Å²) in [6.07, 6.45) is 3.71. The van der Waals surface area contributed by atoms with E-state index in [0.717, 1.165) is 5.69 Å². The number of pyridine rings is 1. The SMILES string of the molecule is Cc1cn2cccc(OCC(=O)Nc3cccc4c3C(=O)c3ccccc3C4=O)c2n1. The highest BCUT2D eigenvalue weighted by Gasteiger charge is 2.31. The zero-order valence-electron chi connectivity index (χ0n) is 16.6. The fourth-order valence-corrected chi connectivity index (χ4v) is 3.80. The predicted molar refractivity (Wildman–Crippen MR) is 114 cm³/mol. The summed E-state index contributed by atoms with van der Waals surface area (Å²) in [6.45, 7) is 1.60. The summed E-state index contributed by atoms with van der Waals surface area (Å²) in [4.78, 5) is 42.9. The van der Waals surface area contributed by atoms with Gasteiger partial charge < -0.3 is 14.5 Å². The van der Waals surface area contributed by atoms with Crippen molar-refractivity contribution in [3.05, 3.63) is 94.9 Å². The van der Waals surface area contributed by atoms with E-state index in [1.165, 1.54) is 0 Å². The maximum absolute atomic E-state index is 13.0. The van der Waals surface area contributed by atoms with Gasteiger partial charge in [0, 0.05) is 29.1 Å². The molecule has 2 aromatic heterocycles. The van der Waals surface area contributed by atoms with Crippen LogP contribution in [-0.2, 0) is 4.79 Å². The minimum Gasteiger partial charge on any atom is -0.480 e. The van der Waals surface area contributed by atoms with Crippen molar-refractivity contribution in [2.75, 3.05) is 11.9 Å². The smallest absolute Gasteiger partial charge is 0.262 e. The van der Waals surface area contributed by atoms with Gasteiger partial charge in [-0.05, 0) is 25.1 Å². The number of nitrogens with zero attached hydrogens (tertiary/aromatic N) is 2. The van der Waals surface area contributed by atoms with Gasteiger partial charge in [-0.1, -0.05) is 36.4 Å². The van der Waals surface area contributed by atoms with Crippen molar-refractivity contribution in [1.82, 2.24) is 9.38 Å². The number of amides is 1. The van der Waals surface area contributed by atoms with Gasteiger partial charge in [0.2, 0.25) is 0 Å². The molecule has 2 heterocycles. The van der Waals surface area contributed by atoms with Crippen molar-refractivity contribution in [1.29, 1.82) is 0 Å². The second-order valence-electron chi connectivity index (χ2n) is 7.25. The number of ketones is 2. The first kappa shape index (κ1) is 18.7. The van der Waals surface area contributed by atoms with E-state index in [9.17, 15) is 14.4 Å². The summed E-state index contributed by atoms with van der Waals surface area (Å²) in [6, 6.07) is 15.1. The lowest BCUT2D eigenvalue weighted by Crippen LogP contribution is -2.26. The highest BCUT2D eigenvalue weighted by molar-refractivity contribution is 6.30. The highest BCUT2D eigenvalue weighted by Crippen LogP contribution is 2.32. The Morgan fingerprint density at radius 2 is 1.71 bits per heavy atom. The predicted octanol–water partition coefficient (Wildman–Crippen LogP) is 3.44. The lowest BCUT2D eigenvalue weighted by atomic mass is 9.83. The minimum atomic E-state index is -0.446. The number of fused-ring (bicyclic) bond motifs is 3. The Morgan fingerprint density at radius 3 is 2.52 bits per heavy atom. The third-order valence-corrected chi connectivity index (χ3v) is 5.15. The van der Waals surface area contributed by atoms with E-state index in [1.54, 1.807) is 54.6 Å². The third-order valence-electron chi connectivity index (χ3n) is 5.15. The van der Waals surface area contributed by atoms with Gasteiger partial charge in [0.15, 0.2) is 29.6 Å². The number of anilines is 1. The Bertz CT molecular complexity index is 1390. The number of aromatic nitrogens is 2. The molecule has 0 bridgehead atoms. The molecule has 0 unspecified atom stereocenters. The van der Waals surface area contributed by atoms with Crippen LogP contribution in [0.4, 0.5) is 5.69 Å². The molecule has 0 atom stereocenters. The van der Waals surface area contributed by atoms with Gasteiger partial charge in [0.05, 0.1) is 16.9 Å². The summed E-state index contributed by atoms with van der Waals surface area (Å²) in [5.41, 5.74) is 2.91. The van der Waals surface area contributed by atoms with E-state index >= 15 is 0 Å². The standard InChI is InChI=1S/C24H17N3O4/c1-14-12-27-11-5-10-19(24(27)25-14)31-13-20(28)26-18-9-4-8-17-21(18)23(30)16-7-3-2-6-15(16)22(17)29/h2-12H,13H2,1H3,(H,26,28). The molecule has 0 spiro atoms. The Hall–Kier alpha value is -4.26. The number of ether oxygens (including phenoxy) is 1. The second-order valence-corrected chi connectivity index (χ2v) is 7.25. The fraction of sp³-hybridized carbons (Fsp3) is 0.0833. The molecule has 2 aromatic carbocycles. The van der Waals surface area contributed by atoms with Crippen molar-refractivity contribution in [3.63, 3.8) is 0 Å². The maximum atomic E-state index is 13.0. The largest absolute Gasteiger partial charge is 0.480 e. The van der Waals surface area contributed by atoms with Gasteiger partial charge in [0.25, 0.3) is 5.91 Å². The Labute approximate surface area is 177 Å². The van der Waals surface area contributed by atoms with Gasteiger partial charge >= 0.3 is 0 Å². The molecule has 0 saturated carbocycles. The van der Waals surface area contributed by atoms with Crippen LogP contribution >= 0.6 is 0 Å². The van der Waals surface area contributed by atoms with Gasteiger partial charge in [-0.3, -0.25) is 14.4 Å². The molecular weight excluding hydrogens is 394 g/mol. The maximum Gasteiger partial charge on any atom is 0.262 e. The quantitative estimate of drug-likeness (QED) is 0.489. The van der Waals surface area contributed by atoms with E-state index in [4.69, 9.17) is 4.74 Å². The van der Waals surface area contributed by atoms with Crippen molar-refractivity contribution < 1.29 is 19.1 Å². The second kappa shape index (κ2) is 7.21. The molecule has 152 valence electrons. The highest BCUT2D eigenvalue weighted by atomic mass is 16.5. The van der Waals surface area contributed by atoms with Gasteiger partial charge in [-0.2, -0.15) is 0 Å². The van der Waals surface area contributed by atoms with Crippen molar-refractivity contribution >= 4 is 28.8 Å². The van der Waals surface area contributed by atoms with Crippen LogP contribution < -0.4 is 10.1 Å². The molecular formula is C24H17N3O4. The van der Waals surface area contributed by atoms with E-state index in [0.29, 0.717) is 22.5 Å². The van der Waals surface area contributed by atoms with E-state index in [2.05, 4.69) is 10.3 Å². The van der Waals surface area contributed by atoms with E-state index in [1.807, 2.05) is 23.7 Å². The van der Waals surface area contributed by atoms with Crippen LogP contribution in [0.3, 0.4) is 0 Å². The summed E-state index contributed by atoms with van der Waals surface area (Å²) >= 11 is 0. The molecule has 0 aliphatic heterocycles. The van der Waals surface area contributed by atoms with Crippen LogP contribution in [-0.4, -0.2) is 33.5 Å². The van der Waals surface area contributed by atoms with E-state index in [-0.39, 0.29) is 35.0 Å². The monoisotopic (exact) mass is 411 g/mol. The van der Waals surface area contributed by atoms with Gasteiger partial charge in [-0.25, -0.2) is 4.98 Å². The van der Waals surface area contributed by atoms with Crippen LogP contribution in [0.1, 0.15) is 37.5 Å². The first-order chi connectivity index (χ1) is 15.0. The van der Waals surface area contributed by atoms with Crippen LogP contribution in [0.25, 0.3) is 5.65 Å². The first-order valence-electron chi connectivity index (χ1n) is 9.71. The number of carbonyl (C=O) groups is 3. The average molecular weight is 411 g/mol. The number of nitrogens with one attached hydrogen (secondary N) is 1. The Balaban J connectivity index is 1.39. The topological polar surface area (TPSA) is 89.8 Å². The number of rotatable bonds is 4. The molecule has 0 radical (unpaired) electrons. The molecule has 7 heteroatoms. The Morgan fingerprint density at radius 1 is 0.968 bits per heavy atom. The number of hydrogen-bond donors (Lipinski definition) is 1. The number of benzene rings is 2. The molecule has 1 amide bonds. The van der Waals surface area contributed by atoms with Crippen LogP contribution in [0.15, 0.2) is 67.0 Å². The fourth-order valence-electron chi connectivity index (χ4n) is 3.80. The van der Waals surface area contributed by atoms with E-state index < -0.39 is 5.91 Å². The average Bonchev–Trinajstić information content (AvgIpc) is 3.16. The van der Waals surface area contributed by atoms with Crippen molar-refractivity contribution in [2.24, 2.45) is 0 Å². The summed E-state index contributed by atoms with van der Waals surface area (Å²) in [7, 11) is 0. The molecule has 5 rings (SSSR count). The number of carbonyl (C=O) groups excluding carboxylic acids is 3. The van der Waals surface area contributed by atoms with Crippen LogP contribution in [0.2, 0.25) is 0 Å². The minimum absolute atomic E-state index is 0.200. The molecule has 0 saturated heterocycles. The number of hydrogen-bond acceptors (Lipinski definition) is 5. The van der Waals surface area contributed by atoms with Crippen LogP contribution in [0.5, 0.6) is 5.75 Å². The molecule has 4 aromatic rings. The van der Waals surface area contributed by atoms with Crippen LogP contribution in [0, 0.1) is 6.92 Å². The third kappa shape index (κ3) is 3.16. The number of imidazole rings is 1. The van der Waals surface area contributed by atoms with Gasteiger partial charge in [0.1, 0.15) is 0 Å². The molecule has 0 fully saturated rings. The zero-order valence-corrected chi connectivity index (χ0v) is 16.6. The van der Waals surface area contributed by atoms with Crippen molar-refractivity contribution in [3.8, 4) is 5.75 Å². The lowest BCUT2D eigenvalue weighted by Gasteiger charge is -2.20. The summed E-state index contributed by atoms with van der Waals surface area (Å²) in [5.74, 6) is -0.502. The van der Waals surface area contributed by atoms with Gasteiger partial charge in [-0.15, -0.1) is 0 Å². The van der Waals surface area contributed by atoms with Crippen molar-refractivity contribution in [2.45, 2.75) is 6.92 Å². The summed E-state index contributed by atoms with van der Waals surface area (Å²) in [5, 5.41) is 2.71. The molecule has 1 aliphatic carbocycles. The molecule has 31 heavy (non-hydrogen) atoms.